The van der Waals surface area contributed by atoms with E-state index in [0.29, 0.717) is 13.0 Å². The van der Waals surface area contributed by atoms with Crippen molar-refractivity contribution in [2.45, 2.75) is 38.9 Å². The van der Waals surface area contributed by atoms with Gasteiger partial charge in [0.2, 0.25) is 0 Å². The van der Waals surface area contributed by atoms with Gasteiger partial charge in [0.25, 0.3) is 0 Å². The average Bonchev–Trinajstić information content (AvgIpc) is 2.27. The van der Waals surface area contributed by atoms with E-state index in [1.807, 2.05) is 0 Å². The lowest BCUT2D eigenvalue weighted by atomic mass is 10.1. The highest BCUT2D eigenvalue weighted by Crippen LogP contribution is 2.14. The summed E-state index contributed by atoms with van der Waals surface area (Å²) in [5, 5.41) is 12.4. The van der Waals surface area contributed by atoms with Gasteiger partial charge in [0.05, 0.1) is 6.10 Å². The fraction of sp³-hybridized carbons (Fsp3) is 0.538. The zero-order valence-electron chi connectivity index (χ0n) is 11.0. The highest BCUT2D eigenvalue weighted by molar-refractivity contribution is 5.67. The van der Waals surface area contributed by atoms with E-state index in [1.54, 1.807) is 45.3 Å². The van der Waals surface area contributed by atoms with Crippen LogP contribution in [0.3, 0.4) is 0 Å². The van der Waals surface area contributed by atoms with Gasteiger partial charge in [0.1, 0.15) is 5.60 Å². The van der Waals surface area contributed by atoms with Crippen molar-refractivity contribution >= 4 is 6.09 Å². The molecule has 0 radical (unpaired) electrons. The van der Waals surface area contributed by atoms with Crippen molar-refractivity contribution in [3.8, 4) is 0 Å². The number of pyridine rings is 1. The second-order valence-corrected chi connectivity index (χ2v) is 5.02. The Bertz CT molecular complexity index is 374. The quantitative estimate of drug-likeness (QED) is 0.860. The number of aromatic nitrogens is 1. The Morgan fingerprint density at radius 2 is 2.28 bits per heavy atom. The number of alkyl carbamates (subject to hydrolysis) is 1. The predicted molar refractivity (Wildman–Crippen MR) is 68.1 cm³/mol. The molecule has 0 fully saturated rings. The Morgan fingerprint density at radius 3 is 2.83 bits per heavy atom. The zero-order valence-corrected chi connectivity index (χ0v) is 11.0. The van der Waals surface area contributed by atoms with Crippen molar-refractivity contribution in [1.82, 2.24) is 10.3 Å². The number of aliphatic hydroxyl groups is 1. The largest absolute Gasteiger partial charge is 0.444 e. The number of nitrogens with zero attached hydrogens (tertiary/aromatic N) is 1. The lowest BCUT2D eigenvalue weighted by molar-refractivity contribution is 0.0518. The number of nitrogens with one attached hydrogen (secondary N) is 1. The maximum Gasteiger partial charge on any atom is 0.407 e. The molecule has 1 unspecified atom stereocenters. The van der Waals surface area contributed by atoms with Gasteiger partial charge >= 0.3 is 6.09 Å². The molecule has 0 aliphatic carbocycles. The van der Waals surface area contributed by atoms with Crippen molar-refractivity contribution in [3.63, 3.8) is 0 Å². The highest BCUT2D eigenvalue weighted by atomic mass is 16.6. The summed E-state index contributed by atoms with van der Waals surface area (Å²) in [6.45, 7) is 5.76. The van der Waals surface area contributed by atoms with Crippen molar-refractivity contribution in [2.24, 2.45) is 0 Å². The van der Waals surface area contributed by atoms with E-state index in [4.69, 9.17) is 4.74 Å². The van der Waals surface area contributed by atoms with Crippen LogP contribution in [0.5, 0.6) is 0 Å². The van der Waals surface area contributed by atoms with Gasteiger partial charge in [-0.15, -0.1) is 0 Å². The molecule has 0 aliphatic heterocycles. The standard InChI is InChI=1S/C13H20N2O3/c1-13(2,3)18-12(17)15-8-6-11(16)10-5-4-7-14-9-10/h4-5,7,9,11,16H,6,8H2,1-3H3,(H,15,17). The first-order valence-electron chi connectivity index (χ1n) is 5.93. The Labute approximate surface area is 107 Å². The van der Waals surface area contributed by atoms with E-state index in [9.17, 15) is 9.90 Å². The van der Waals surface area contributed by atoms with Crippen LogP contribution in [-0.2, 0) is 4.74 Å². The fourth-order valence-electron chi connectivity index (χ4n) is 1.36. The van der Waals surface area contributed by atoms with Crippen molar-refractivity contribution < 1.29 is 14.6 Å². The van der Waals surface area contributed by atoms with E-state index in [-0.39, 0.29) is 0 Å². The summed E-state index contributed by atoms with van der Waals surface area (Å²) in [7, 11) is 0. The molecular weight excluding hydrogens is 232 g/mol. The number of hydrogen-bond donors (Lipinski definition) is 2. The summed E-state index contributed by atoms with van der Waals surface area (Å²) < 4.78 is 5.08. The fourth-order valence-corrected chi connectivity index (χ4v) is 1.36. The minimum atomic E-state index is -0.631. The molecule has 0 aliphatic rings. The maximum atomic E-state index is 11.3. The first kappa shape index (κ1) is 14.4. The van der Waals surface area contributed by atoms with Gasteiger partial charge in [-0.1, -0.05) is 6.07 Å². The molecule has 0 aromatic carbocycles. The van der Waals surface area contributed by atoms with Gasteiger partial charge in [-0.05, 0) is 38.8 Å². The first-order chi connectivity index (χ1) is 8.38. The van der Waals surface area contributed by atoms with Gasteiger partial charge in [-0.2, -0.15) is 0 Å². The number of carbonyl (C=O) groups is 1. The summed E-state index contributed by atoms with van der Waals surface area (Å²) in [4.78, 5) is 15.3. The third kappa shape index (κ3) is 5.63. The van der Waals surface area contributed by atoms with Crippen LogP contribution in [0.1, 0.15) is 38.9 Å². The van der Waals surface area contributed by atoms with Crippen LogP contribution in [0.4, 0.5) is 4.79 Å². The SMILES string of the molecule is CC(C)(C)OC(=O)NCCC(O)c1cccnc1. The molecule has 2 N–H and O–H groups in total. The van der Waals surface area contributed by atoms with Crippen LogP contribution < -0.4 is 5.32 Å². The Kier molecular flexibility index (Phi) is 5.09. The minimum absolute atomic E-state index is 0.352. The molecule has 1 heterocycles. The highest BCUT2D eigenvalue weighted by Gasteiger charge is 2.16. The molecule has 0 saturated heterocycles. The number of aliphatic hydroxyl groups excluding tert-OH is 1. The smallest absolute Gasteiger partial charge is 0.407 e. The summed E-state index contributed by atoms with van der Waals surface area (Å²) >= 11 is 0. The molecule has 1 aromatic heterocycles. The Hall–Kier alpha value is -1.62. The number of carbonyl (C=O) groups excluding carboxylic acids is 1. The summed E-state index contributed by atoms with van der Waals surface area (Å²) in [5.74, 6) is 0. The van der Waals surface area contributed by atoms with Crippen LogP contribution in [0, 0.1) is 0 Å². The van der Waals surface area contributed by atoms with E-state index in [2.05, 4.69) is 10.3 Å². The minimum Gasteiger partial charge on any atom is -0.444 e. The average molecular weight is 252 g/mol. The van der Waals surface area contributed by atoms with Crippen molar-refractivity contribution in [3.05, 3.63) is 30.1 Å². The predicted octanol–water partition coefficient (Wildman–Crippen LogP) is 2.03. The maximum absolute atomic E-state index is 11.3. The van der Waals surface area contributed by atoms with Crippen molar-refractivity contribution in [1.29, 1.82) is 0 Å². The topological polar surface area (TPSA) is 71.5 Å². The Morgan fingerprint density at radius 1 is 1.56 bits per heavy atom. The van der Waals surface area contributed by atoms with E-state index >= 15 is 0 Å². The van der Waals surface area contributed by atoms with Gasteiger partial charge in [0, 0.05) is 18.9 Å². The molecule has 0 bridgehead atoms. The first-order valence-corrected chi connectivity index (χ1v) is 5.93. The number of rotatable bonds is 4. The third-order valence-corrected chi connectivity index (χ3v) is 2.16. The molecule has 5 heteroatoms. The molecule has 18 heavy (non-hydrogen) atoms. The molecule has 5 nitrogen and oxygen atoms in total. The normalized spacial score (nSPS) is 12.9. The molecule has 1 atom stereocenters. The van der Waals surface area contributed by atoms with E-state index < -0.39 is 17.8 Å². The Balaban J connectivity index is 2.28. The van der Waals surface area contributed by atoms with Gasteiger partial charge in [-0.3, -0.25) is 4.98 Å². The number of amides is 1. The van der Waals surface area contributed by atoms with Crippen LogP contribution >= 0.6 is 0 Å². The van der Waals surface area contributed by atoms with Crippen molar-refractivity contribution in [2.75, 3.05) is 6.54 Å². The molecular formula is C13H20N2O3. The second-order valence-electron chi connectivity index (χ2n) is 5.02. The molecule has 1 rings (SSSR count). The van der Waals surface area contributed by atoms with Crippen LogP contribution in [0.2, 0.25) is 0 Å². The third-order valence-electron chi connectivity index (χ3n) is 2.16. The van der Waals surface area contributed by atoms with Crippen LogP contribution in [-0.4, -0.2) is 28.3 Å². The lowest BCUT2D eigenvalue weighted by Crippen LogP contribution is -2.33. The molecule has 100 valence electrons. The van der Waals surface area contributed by atoms with E-state index in [1.165, 1.54) is 0 Å². The van der Waals surface area contributed by atoms with Gasteiger partial charge < -0.3 is 15.2 Å². The monoisotopic (exact) mass is 252 g/mol. The number of ether oxygens (including phenoxy) is 1. The second kappa shape index (κ2) is 6.35. The zero-order chi connectivity index (χ0) is 13.6. The summed E-state index contributed by atoms with van der Waals surface area (Å²) in [5.41, 5.74) is 0.231. The van der Waals surface area contributed by atoms with Crippen LogP contribution in [0.15, 0.2) is 24.5 Å². The van der Waals surface area contributed by atoms with Gasteiger partial charge in [0.15, 0.2) is 0 Å². The van der Waals surface area contributed by atoms with E-state index in [0.717, 1.165) is 5.56 Å². The molecule has 0 spiro atoms. The molecule has 0 saturated carbocycles. The summed E-state index contributed by atoms with van der Waals surface area (Å²) in [6.07, 6.45) is 2.58. The van der Waals surface area contributed by atoms with Gasteiger partial charge in [-0.25, -0.2) is 4.79 Å². The molecule has 1 amide bonds. The van der Waals surface area contributed by atoms with Crippen LogP contribution in [0.25, 0.3) is 0 Å². The molecule has 1 aromatic rings. The summed E-state index contributed by atoms with van der Waals surface area (Å²) in [6, 6.07) is 3.56. The lowest BCUT2D eigenvalue weighted by Gasteiger charge is -2.20. The number of hydrogen-bond acceptors (Lipinski definition) is 4.